The van der Waals surface area contributed by atoms with Gasteiger partial charge < -0.3 is 10.2 Å². The molecular formula is C14H9ClN2O2. The second-order valence-electron chi connectivity index (χ2n) is 4.11. The molecule has 3 rings (SSSR count). The van der Waals surface area contributed by atoms with Gasteiger partial charge in [0.1, 0.15) is 5.75 Å². The van der Waals surface area contributed by atoms with Crippen LogP contribution < -0.4 is 0 Å². The summed E-state index contributed by atoms with van der Waals surface area (Å²) in [6.45, 7) is 0. The number of hydrogen-bond acceptors (Lipinski definition) is 4. The Bertz CT molecular complexity index is 774. The van der Waals surface area contributed by atoms with Crippen molar-refractivity contribution in [3.63, 3.8) is 0 Å². The molecule has 0 aliphatic heterocycles. The molecule has 0 aliphatic carbocycles. The Hall–Kier alpha value is -2.33. The molecule has 2 N–H and O–H groups in total. The highest BCUT2D eigenvalue weighted by molar-refractivity contribution is 6.30. The molecule has 0 spiro atoms. The molecule has 0 fully saturated rings. The Kier molecular flexibility index (Phi) is 2.72. The summed E-state index contributed by atoms with van der Waals surface area (Å²) in [5, 5.41) is 19.6. The van der Waals surface area contributed by atoms with E-state index in [1.807, 2.05) is 18.2 Å². The van der Waals surface area contributed by atoms with Crippen molar-refractivity contribution in [1.82, 2.24) is 9.97 Å². The van der Waals surface area contributed by atoms with Crippen molar-refractivity contribution in [3.05, 3.63) is 47.7 Å². The van der Waals surface area contributed by atoms with E-state index in [1.165, 1.54) is 12.3 Å². The van der Waals surface area contributed by atoms with Gasteiger partial charge in [-0.15, -0.1) is 0 Å². The van der Waals surface area contributed by atoms with Gasteiger partial charge in [0.05, 0.1) is 17.4 Å². The van der Waals surface area contributed by atoms with Gasteiger partial charge in [-0.3, -0.25) is 4.98 Å². The zero-order valence-corrected chi connectivity index (χ0v) is 10.5. The minimum atomic E-state index is -0.0470. The van der Waals surface area contributed by atoms with Crippen molar-refractivity contribution in [1.29, 1.82) is 0 Å². The normalized spacial score (nSPS) is 10.8. The molecule has 0 amide bonds. The molecule has 4 nitrogen and oxygen atoms in total. The van der Waals surface area contributed by atoms with Crippen LogP contribution >= 0.6 is 11.6 Å². The first kappa shape index (κ1) is 11.7. The maximum atomic E-state index is 9.36. The standard InChI is InChI=1S/C14H9ClN2O2/c15-14-13(19)4-3-11(17-14)9-2-1-8-5-10(18)7-16-12(8)6-9/h1-7,18-19H. The zero-order chi connectivity index (χ0) is 13.4. The average Bonchev–Trinajstić information content (AvgIpc) is 2.41. The zero-order valence-electron chi connectivity index (χ0n) is 9.71. The number of aromatic hydroxyl groups is 2. The summed E-state index contributed by atoms with van der Waals surface area (Å²) in [5.41, 5.74) is 2.24. The highest BCUT2D eigenvalue weighted by Crippen LogP contribution is 2.28. The first-order valence-corrected chi connectivity index (χ1v) is 5.96. The molecule has 0 unspecified atom stereocenters. The quantitative estimate of drug-likeness (QED) is 0.667. The molecular weight excluding hydrogens is 264 g/mol. The number of halogens is 1. The van der Waals surface area contributed by atoms with Crippen LogP contribution in [0.2, 0.25) is 5.15 Å². The first-order chi connectivity index (χ1) is 9.13. The monoisotopic (exact) mass is 272 g/mol. The molecule has 0 saturated heterocycles. The number of fused-ring (bicyclic) bond motifs is 1. The second-order valence-corrected chi connectivity index (χ2v) is 4.47. The lowest BCUT2D eigenvalue weighted by Crippen LogP contribution is -1.86. The smallest absolute Gasteiger partial charge is 0.171 e. The molecule has 2 heterocycles. The maximum absolute atomic E-state index is 9.36. The summed E-state index contributed by atoms with van der Waals surface area (Å²) < 4.78 is 0. The predicted molar refractivity (Wildman–Crippen MR) is 73.3 cm³/mol. The van der Waals surface area contributed by atoms with Gasteiger partial charge in [0.15, 0.2) is 10.9 Å². The van der Waals surface area contributed by atoms with Gasteiger partial charge in [-0.2, -0.15) is 0 Å². The van der Waals surface area contributed by atoms with Crippen molar-refractivity contribution in [2.75, 3.05) is 0 Å². The van der Waals surface area contributed by atoms with Crippen molar-refractivity contribution in [3.8, 4) is 22.8 Å². The summed E-state index contributed by atoms with van der Waals surface area (Å²) in [7, 11) is 0. The Labute approximate surface area is 114 Å². The minimum Gasteiger partial charge on any atom is -0.506 e. The highest BCUT2D eigenvalue weighted by atomic mass is 35.5. The van der Waals surface area contributed by atoms with Crippen LogP contribution in [0.25, 0.3) is 22.2 Å². The Morgan fingerprint density at radius 3 is 2.63 bits per heavy atom. The van der Waals surface area contributed by atoms with E-state index in [9.17, 15) is 10.2 Å². The Morgan fingerprint density at radius 1 is 1.00 bits per heavy atom. The van der Waals surface area contributed by atoms with Gasteiger partial charge in [0.2, 0.25) is 0 Å². The van der Waals surface area contributed by atoms with Crippen molar-refractivity contribution in [2.24, 2.45) is 0 Å². The molecule has 94 valence electrons. The van der Waals surface area contributed by atoms with E-state index < -0.39 is 0 Å². The molecule has 0 atom stereocenters. The van der Waals surface area contributed by atoms with Gasteiger partial charge in [0, 0.05) is 10.9 Å². The number of rotatable bonds is 1. The molecule has 19 heavy (non-hydrogen) atoms. The largest absolute Gasteiger partial charge is 0.506 e. The van der Waals surface area contributed by atoms with E-state index in [2.05, 4.69) is 9.97 Å². The number of aromatic nitrogens is 2. The van der Waals surface area contributed by atoms with Crippen LogP contribution in [0, 0.1) is 0 Å². The average molecular weight is 273 g/mol. The summed E-state index contributed by atoms with van der Waals surface area (Å²) >= 11 is 5.79. The number of nitrogens with zero attached hydrogens (tertiary/aromatic N) is 2. The van der Waals surface area contributed by atoms with Gasteiger partial charge in [-0.25, -0.2) is 4.98 Å². The molecule has 2 aromatic heterocycles. The van der Waals surface area contributed by atoms with Crippen LogP contribution in [0.4, 0.5) is 0 Å². The third-order valence-corrected chi connectivity index (χ3v) is 3.07. The molecule has 1 aromatic carbocycles. The summed E-state index contributed by atoms with van der Waals surface area (Å²) in [6, 6.07) is 10.4. The van der Waals surface area contributed by atoms with E-state index in [-0.39, 0.29) is 16.7 Å². The summed E-state index contributed by atoms with van der Waals surface area (Å²) in [5.74, 6) is 0.0836. The fourth-order valence-corrected chi connectivity index (χ4v) is 2.01. The molecule has 3 aromatic rings. The van der Waals surface area contributed by atoms with Crippen LogP contribution in [0.3, 0.4) is 0 Å². The van der Waals surface area contributed by atoms with Gasteiger partial charge in [-0.1, -0.05) is 23.7 Å². The lowest BCUT2D eigenvalue weighted by Gasteiger charge is -2.04. The fraction of sp³-hybridized carbons (Fsp3) is 0. The van der Waals surface area contributed by atoms with E-state index in [1.54, 1.807) is 12.1 Å². The molecule has 0 bridgehead atoms. The Balaban J connectivity index is 2.14. The highest BCUT2D eigenvalue weighted by Gasteiger charge is 2.06. The van der Waals surface area contributed by atoms with Crippen LogP contribution in [0.15, 0.2) is 42.6 Å². The second kappa shape index (κ2) is 4.40. The molecule has 0 radical (unpaired) electrons. The lowest BCUT2D eigenvalue weighted by molar-refractivity contribution is 0.473. The van der Waals surface area contributed by atoms with Gasteiger partial charge >= 0.3 is 0 Å². The number of hydrogen-bond donors (Lipinski definition) is 2. The third kappa shape index (κ3) is 2.18. The van der Waals surface area contributed by atoms with Gasteiger partial charge in [0.25, 0.3) is 0 Å². The minimum absolute atomic E-state index is 0.0470. The van der Waals surface area contributed by atoms with Crippen LogP contribution in [0.5, 0.6) is 11.5 Å². The van der Waals surface area contributed by atoms with E-state index in [4.69, 9.17) is 11.6 Å². The molecule has 0 aliphatic rings. The third-order valence-electron chi connectivity index (χ3n) is 2.79. The topological polar surface area (TPSA) is 66.2 Å². The van der Waals surface area contributed by atoms with Crippen LogP contribution in [0.1, 0.15) is 0 Å². The molecule has 0 saturated carbocycles. The van der Waals surface area contributed by atoms with Gasteiger partial charge in [-0.05, 0) is 24.3 Å². The van der Waals surface area contributed by atoms with E-state index in [0.717, 1.165) is 16.5 Å². The number of benzene rings is 1. The van der Waals surface area contributed by atoms with Crippen molar-refractivity contribution >= 4 is 22.5 Å². The fourth-order valence-electron chi connectivity index (χ4n) is 1.86. The first-order valence-electron chi connectivity index (χ1n) is 5.58. The summed E-state index contributed by atoms with van der Waals surface area (Å²) in [6.07, 6.45) is 1.39. The van der Waals surface area contributed by atoms with E-state index in [0.29, 0.717) is 5.69 Å². The van der Waals surface area contributed by atoms with E-state index >= 15 is 0 Å². The Morgan fingerprint density at radius 2 is 1.84 bits per heavy atom. The predicted octanol–water partition coefficient (Wildman–Crippen LogP) is 3.36. The SMILES string of the molecule is Oc1cnc2cc(-c3ccc(O)c(Cl)n3)ccc2c1. The summed E-state index contributed by atoms with van der Waals surface area (Å²) in [4.78, 5) is 8.25. The number of pyridine rings is 2. The van der Waals surface area contributed by atoms with Crippen molar-refractivity contribution < 1.29 is 10.2 Å². The maximum Gasteiger partial charge on any atom is 0.171 e. The van der Waals surface area contributed by atoms with Crippen LogP contribution in [-0.2, 0) is 0 Å². The van der Waals surface area contributed by atoms with Crippen LogP contribution in [-0.4, -0.2) is 20.2 Å². The molecule has 5 heteroatoms. The van der Waals surface area contributed by atoms with Crippen molar-refractivity contribution in [2.45, 2.75) is 0 Å². The lowest BCUT2D eigenvalue weighted by atomic mass is 10.1.